The number of esters is 1. The Morgan fingerprint density at radius 3 is 1.91 bits per heavy atom. The molecule has 1 aliphatic rings. The maximum Gasteiger partial charge on any atom is 0.416 e. The molecule has 1 saturated heterocycles. The lowest BCUT2D eigenvalue weighted by Gasteiger charge is -2.37. The van der Waals surface area contributed by atoms with E-state index in [0.29, 0.717) is 23.2 Å². The summed E-state index contributed by atoms with van der Waals surface area (Å²) in [6, 6.07) is 15.8. The number of nitrogens with zero attached hydrogens (tertiary/aromatic N) is 1. The normalized spacial score (nSPS) is 16.7. The smallest absolute Gasteiger partial charge is 0.416 e. The zero-order valence-corrected chi connectivity index (χ0v) is 25.9. The van der Waals surface area contributed by atoms with Gasteiger partial charge in [0, 0.05) is 12.6 Å². The minimum atomic E-state index is -4.44. The van der Waals surface area contributed by atoms with Crippen LogP contribution in [0.4, 0.5) is 26.3 Å². The SMILES string of the molecule is CC(C)C.CCOC(=O)Cc1cc(-c2ccc(C(F)(F)F)cc2)cc(C2CCCN(C(C)c3ccc(C(F)(F)F)cc3)C2)c1. The maximum absolute atomic E-state index is 13.1. The highest BCUT2D eigenvalue weighted by molar-refractivity contribution is 5.74. The molecule has 3 aromatic rings. The second-order valence-electron chi connectivity index (χ2n) is 11.9. The van der Waals surface area contributed by atoms with Crippen LogP contribution < -0.4 is 0 Å². The van der Waals surface area contributed by atoms with Crippen molar-refractivity contribution in [1.82, 2.24) is 4.90 Å². The minimum absolute atomic E-state index is 0.0354. The fourth-order valence-electron chi connectivity index (χ4n) is 5.24. The molecule has 3 aromatic carbocycles. The molecule has 1 aliphatic heterocycles. The molecule has 3 nitrogen and oxygen atoms in total. The van der Waals surface area contributed by atoms with E-state index in [1.807, 2.05) is 19.1 Å². The lowest BCUT2D eigenvalue weighted by Crippen LogP contribution is -2.36. The highest BCUT2D eigenvalue weighted by atomic mass is 19.4. The number of alkyl halides is 6. The summed E-state index contributed by atoms with van der Waals surface area (Å²) >= 11 is 0. The molecule has 0 bridgehead atoms. The summed E-state index contributed by atoms with van der Waals surface area (Å²) < 4.78 is 83.4. The highest BCUT2D eigenvalue weighted by Gasteiger charge is 2.32. The molecule has 0 aliphatic carbocycles. The lowest BCUT2D eigenvalue weighted by atomic mass is 9.86. The van der Waals surface area contributed by atoms with E-state index in [4.69, 9.17) is 4.74 Å². The fourth-order valence-corrected chi connectivity index (χ4v) is 5.24. The molecule has 1 heterocycles. The summed E-state index contributed by atoms with van der Waals surface area (Å²) in [7, 11) is 0. The van der Waals surface area contributed by atoms with E-state index in [-0.39, 0.29) is 31.0 Å². The number of hydrogen-bond acceptors (Lipinski definition) is 3. The van der Waals surface area contributed by atoms with Crippen molar-refractivity contribution in [2.75, 3.05) is 19.7 Å². The van der Waals surface area contributed by atoms with Crippen LogP contribution in [0.25, 0.3) is 11.1 Å². The van der Waals surface area contributed by atoms with E-state index in [2.05, 4.69) is 25.7 Å². The molecule has 9 heteroatoms. The van der Waals surface area contributed by atoms with Crippen molar-refractivity contribution in [2.45, 2.75) is 78.2 Å². The van der Waals surface area contributed by atoms with E-state index in [1.54, 1.807) is 13.0 Å². The zero-order valence-electron chi connectivity index (χ0n) is 25.9. The zero-order chi connectivity index (χ0) is 32.7. The van der Waals surface area contributed by atoms with Crippen molar-refractivity contribution in [1.29, 1.82) is 0 Å². The van der Waals surface area contributed by atoms with Crippen molar-refractivity contribution in [3.63, 3.8) is 0 Å². The van der Waals surface area contributed by atoms with Gasteiger partial charge in [0.2, 0.25) is 0 Å². The van der Waals surface area contributed by atoms with Gasteiger partial charge in [-0.05, 0) is 97.2 Å². The number of rotatable bonds is 7. The first-order valence-corrected chi connectivity index (χ1v) is 15.0. The topological polar surface area (TPSA) is 29.5 Å². The molecule has 0 N–H and O–H groups in total. The number of benzene rings is 3. The molecule has 0 saturated carbocycles. The number of likely N-dealkylation sites (tertiary alicyclic amines) is 1. The molecule has 44 heavy (non-hydrogen) atoms. The van der Waals surface area contributed by atoms with Gasteiger partial charge in [0.1, 0.15) is 0 Å². The third-order valence-corrected chi connectivity index (χ3v) is 7.41. The summed E-state index contributed by atoms with van der Waals surface area (Å²) in [5.74, 6) is 0.514. The van der Waals surface area contributed by atoms with E-state index < -0.39 is 23.5 Å². The van der Waals surface area contributed by atoms with Crippen LogP contribution in [0.1, 0.15) is 87.2 Å². The predicted octanol–water partition coefficient (Wildman–Crippen LogP) is 10.1. The molecule has 0 spiro atoms. The van der Waals surface area contributed by atoms with Gasteiger partial charge in [-0.15, -0.1) is 0 Å². The van der Waals surface area contributed by atoms with Crippen LogP contribution >= 0.6 is 0 Å². The second kappa shape index (κ2) is 15.1. The molecular weight excluding hydrogens is 580 g/mol. The molecule has 0 amide bonds. The van der Waals surface area contributed by atoms with Crippen LogP contribution in [0.5, 0.6) is 0 Å². The van der Waals surface area contributed by atoms with Crippen molar-refractivity contribution >= 4 is 5.97 Å². The third-order valence-electron chi connectivity index (χ3n) is 7.41. The van der Waals surface area contributed by atoms with Gasteiger partial charge in [-0.2, -0.15) is 26.3 Å². The molecule has 4 rings (SSSR count). The summed E-state index contributed by atoms with van der Waals surface area (Å²) in [5.41, 5.74) is 2.34. The van der Waals surface area contributed by atoms with Gasteiger partial charge in [0.05, 0.1) is 24.2 Å². The number of carbonyl (C=O) groups excluding carboxylic acids is 1. The Morgan fingerprint density at radius 1 is 0.841 bits per heavy atom. The van der Waals surface area contributed by atoms with Crippen molar-refractivity contribution in [3.05, 3.63) is 94.5 Å². The Balaban J connectivity index is 0.00000124. The van der Waals surface area contributed by atoms with Gasteiger partial charge in [-0.3, -0.25) is 9.69 Å². The van der Waals surface area contributed by atoms with E-state index in [0.717, 1.165) is 60.7 Å². The van der Waals surface area contributed by atoms with Gasteiger partial charge in [0.15, 0.2) is 0 Å². The average molecular weight is 622 g/mol. The number of halogens is 6. The Bertz CT molecular complexity index is 1340. The Morgan fingerprint density at radius 2 is 1.39 bits per heavy atom. The standard InChI is InChI=1S/C31H31F6NO2.C4H10/c1-3-40-29(39)17-21-15-25(23-8-12-28(13-9-23)31(35,36)37)18-26(16-21)24-5-4-14-38(19-24)20(2)22-6-10-27(11-7-22)30(32,33)34;1-4(2)3/h6-13,15-16,18,20,24H,3-5,14,17,19H2,1-2H3;4H,1-3H3. The van der Waals surface area contributed by atoms with Gasteiger partial charge in [-0.1, -0.05) is 63.2 Å². The molecular formula is C35H41F6NO2. The van der Waals surface area contributed by atoms with Crippen LogP contribution in [0.15, 0.2) is 66.7 Å². The highest BCUT2D eigenvalue weighted by Crippen LogP contribution is 2.37. The lowest BCUT2D eigenvalue weighted by molar-refractivity contribution is -0.142. The Labute approximate surface area is 256 Å². The van der Waals surface area contributed by atoms with Crippen molar-refractivity contribution in [3.8, 4) is 11.1 Å². The second-order valence-corrected chi connectivity index (χ2v) is 11.9. The largest absolute Gasteiger partial charge is 0.466 e. The summed E-state index contributed by atoms with van der Waals surface area (Å²) in [6.07, 6.45) is -7.06. The molecule has 2 unspecified atom stereocenters. The van der Waals surface area contributed by atoms with Crippen molar-refractivity contribution < 1.29 is 35.9 Å². The molecule has 240 valence electrons. The average Bonchev–Trinajstić information content (AvgIpc) is 2.96. The Kier molecular flexibility index (Phi) is 12.1. The summed E-state index contributed by atoms with van der Waals surface area (Å²) in [4.78, 5) is 14.5. The van der Waals surface area contributed by atoms with Gasteiger partial charge < -0.3 is 4.74 Å². The van der Waals surface area contributed by atoms with Crippen LogP contribution in [0, 0.1) is 5.92 Å². The number of carbonyl (C=O) groups is 1. The van der Waals surface area contributed by atoms with Gasteiger partial charge >= 0.3 is 18.3 Å². The van der Waals surface area contributed by atoms with E-state index in [1.165, 1.54) is 24.3 Å². The van der Waals surface area contributed by atoms with Crippen molar-refractivity contribution in [2.24, 2.45) is 5.92 Å². The first-order valence-electron chi connectivity index (χ1n) is 15.0. The fraction of sp³-hybridized carbons (Fsp3) is 0.457. The van der Waals surface area contributed by atoms with Gasteiger partial charge in [0.25, 0.3) is 0 Å². The molecule has 0 aromatic heterocycles. The summed E-state index contributed by atoms with van der Waals surface area (Å²) in [6.45, 7) is 11.9. The minimum Gasteiger partial charge on any atom is -0.466 e. The number of hydrogen-bond donors (Lipinski definition) is 0. The van der Waals surface area contributed by atoms with Crippen LogP contribution in [-0.4, -0.2) is 30.6 Å². The predicted molar refractivity (Wildman–Crippen MR) is 161 cm³/mol. The first kappa shape index (κ1) is 35.2. The number of ether oxygens (including phenoxy) is 1. The van der Waals surface area contributed by atoms with E-state index >= 15 is 0 Å². The van der Waals surface area contributed by atoms with Crippen LogP contribution in [0.3, 0.4) is 0 Å². The third kappa shape index (κ3) is 10.1. The van der Waals surface area contributed by atoms with Crippen LogP contribution in [-0.2, 0) is 28.3 Å². The molecule has 2 atom stereocenters. The first-order chi connectivity index (χ1) is 20.6. The molecule has 0 radical (unpaired) electrons. The quantitative estimate of drug-likeness (QED) is 0.194. The number of piperidine rings is 1. The monoisotopic (exact) mass is 621 g/mol. The van der Waals surface area contributed by atoms with Gasteiger partial charge in [-0.25, -0.2) is 0 Å². The maximum atomic E-state index is 13.1. The van der Waals surface area contributed by atoms with Crippen LogP contribution in [0.2, 0.25) is 0 Å². The molecule has 1 fully saturated rings. The summed E-state index contributed by atoms with van der Waals surface area (Å²) in [5, 5.41) is 0. The Hall–Kier alpha value is -3.33. The van der Waals surface area contributed by atoms with E-state index in [9.17, 15) is 31.1 Å².